The molecule has 0 heterocycles. The van der Waals surface area contributed by atoms with Crippen LogP contribution in [0.15, 0.2) is 0 Å². The van der Waals surface area contributed by atoms with Crippen LogP contribution >= 0.6 is 11.6 Å². The molecule has 0 radical (unpaired) electrons. The first-order valence-electron chi connectivity index (χ1n) is 7.95. The fourth-order valence-corrected chi connectivity index (χ4v) is 2.57. The van der Waals surface area contributed by atoms with Gasteiger partial charge in [0.15, 0.2) is 0 Å². The minimum absolute atomic E-state index is 0.446. The maximum atomic E-state index is 6.30. The lowest BCUT2D eigenvalue weighted by molar-refractivity contribution is 0.542. The smallest absolute Gasteiger partial charge is 0.0336 e. The number of hydrogen-bond acceptors (Lipinski definition) is 0. The Hall–Kier alpha value is 0.290. The number of hydrogen-bond donors (Lipinski definition) is 0. The molecule has 0 amide bonds. The van der Waals surface area contributed by atoms with Crippen molar-refractivity contribution < 1.29 is 0 Å². The molecule has 0 aliphatic rings. The Morgan fingerprint density at radius 2 is 0.941 bits per heavy atom. The quantitative estimate of drug-likeness (QED) is 0.255. The van der Waals surface area contributed by atoms with Gasteiger partial charge in [0.1, 0.15) is 0 Å². The van der Waals surface area contributed by atoms with Gasteiger partial charge in [-0.25, -0.2) is 0 Å². The van der Waals surface area contributed by atoms with E-state index in [1.54, 1.807) is 0 Å². The molecule has 0 fully saturated rings. The van der Waals surface area contributed by atoms with Gasteiger partial charge in [0, 0.05) is 5.38 Å². The van der Waals surface area contributed by atoms with Crippen LogP contribution in [0.4, 0.5) is 0 Å². The average Bonchev–Trinajstić information content (AvgIpc) is 2.33. The lowest BCUT2D eigenvalue weighted by Gasteiger charge is -2.08. The summed E-state index contributed by atoms with van der Waals surface area (Å²) in [5, 5.41) is 0.446. The third kappa shape index (κ3) is 14.2. The molecule has 0 spiro atoms. The van der Waals surface area contributed by atoms with Crippen LogP contribution in [-0.4, -0.2) is 5.38 Å². The topological polar surface area (TPSA) is 0 Å². The predicted molar refractivity (Wildman–Crippen MR) is 81.0 cm³/mol. The Kier molecular flexibility index (Phi) is 14.6. The van der Waals surface area contributed by atoms with Crippen molar-refractivity contribution in [1.82, 2.24) is 0 Å². The highest BCUT2D eigenvalue weighted by Crippen LogP contribution is 2.17. The SMILES string of the molecule is CCCCCCCCCCC(Cl)CCCCC. The molecule has 0 aliphatic heterocycles. The van der Waals surface area contributed by atoms with Crippen molar-refractivity contribution in [3.8, 4) is 0 Å². The van der Waals surface area contributed by atoms with Gasteiger partial charge in [-0.2, -0.15) is 0 Å². The molecule has 0 rings (SSSR count). The maximum Gasteiger partial charge on any atom is 0.0336 e. The van der Waals surface area contributed by atoms with Crippen LogP contribution in [0.5, 0.6) is 0 Å². The second kappa shape index (κ2) is 14.4. The van der Waals surface area contributed by atoms with E-state index in [9.17, 15) is 0 Å². The Morgan fingerprint density at radius 1 is 0.588 bits per heavy atom. The molecule has 17 heavy (non-hydrogen) atoms. The summed E-state index contributed by atoms with van der Waals surface area (Å²) in [5.41, 5.74) is 0. The van der Waals surface area contributed by atoms with E-state index in [0.29, 0.717) is 5.38 Å². The van der Waals surface area contributed by atoms with Crippen LogP contribution < -0.4 is 0 Å². The normalized spacial score (nSPS) is 12.9. The zero-order valence-corrected chi connectivity index (χ0v) is 12.9. The minimum atomic E-state index is 0.446. The Labute approximate surface area is 115 Å². The molecule has 0 saturated carbocycles. The third-order valence-corrected chi connectivity index (χ3v) is 3.93. The van der Waals surface area contributed by atoms with Crippen LogP contribution in [-0.2, 0) is 0 Å². The van der Waals surface area contributed by atoms with Crippen molar-refractivity contribution in [3.05, 3.63) is 0 Å². The first-order valence-corrected chi connectivity index (χ1v) is 8.39. The highest BCUT2D eigenvalue weighted by atomic mass is 35.5. The van der Waals surface area contributed by atoms with E-state index in [2.05, 4.69) is 13.8 Å². The van der Waals surface area contributed by atoms with Crippen LogP contribution in [0.2, 0.25) is 0 Å². The molecule has 0 N–H and O–H groups in total. The minimum Gasteiger partial charge on any atom is -0.123 e. The Balaban J connectivity index is 3.05. The van der Waals surface area contributed by atoms with Crippen molar-refractivity contribution in [2.75, 3.05) is 0 Å². The molecule has 1 heteroatoms. The number of unbranched alkanes of at least 4 members (excludes halogenated alkanes) is 9. The molecule has 0 aromatic carbocycles. The van der Waals surface area contributed by atoms with Crippen molar-refractivity contribution >= 4 is 11.6 Å². The molecule has 0 aromatic rings. The van der Waals surface area contributed by atoms with Crippen LogP contribution in [0, 0.1) is 0 Å². The summed E-state index contributed by atoms with van der Waals surface area (Å²) < 4.78 is 0. The van der Waals surface area contributed by atoms with Gasteiger partial charge in [-0.1, -0.05) is 84.5 Å². The van der Waals surface area contributed by atoms with Crippen molar-refractivity contribution in [3.63, 3.8) is 0 Å². The zero-order chi connectivity index (χ0) is 12.8. The highest BCUT2D eigenvalue weighted by molar-refractivity contribution is 6.20. The van der Waals surface area contributed by atoms with Crippen LogP contribution in [0.25, 0.3) is 0 Å². The van der Waals surface area contributed by atoms with E-state index in [-0.39, 0.29) is 0 Å². The number of alkyl halides is 1. The Bertz CT molecular complexity index is 133. The first kappa shape index (κ1) is 17.3. The van der Waals surface area contributed by atoms with E-state index in [1.165, 1.54) is 83.5 Å². The van der Waals surface area contributed by atoms with Gasteiger partial charge in [-0.05, 0) is 12.8 Å². The largest absolute Gasteiger partial charge is 0.123 e. The third-order valence-electron chi connectivity index (χ3n) is 3.49. The Morgan fingerprint density at radius 3 is 1.47 bits per heavy atom. The average molecular weight is 261 g/mol. The second-order valence-electron chi connectivity index (χ2n) is 5.36. The molecule has 0 aliphatic carbocycles. The van der Waals surface area contributed by atoms with Crippen molar-refractivity contribution in [2.24, 2.45) is 0 Å². The van der Waals surface area contributed by atoms with E-state index in [1.807, 2.05) is 0 Å². The van der Waals surface area contributed by atoms with Crippen molar-refractivity contribution in [1.29, 1.82) is 0 Å². The first-order chi connectivity index (χ1) is 8.31. The predicted octanol–water partition coefficient (Wildman–Crippen LogP) is 6.70. The van der Waals surface area contributed by atoms with Crippen molar-refractivity contribution in [2.45, 2.75) is 103 Å². The summed E-state index contributed by atoms with van der Waals surface area (Å²) in [7, 11) is 0. The zero-order valence-electron chi connectivity index (χ0n) is 12.1. The maximum absolute atomic E-state index is 6.30. The molecule has 1 atom stereocenters. The summed E-state index contributed by atoms with van der Waals surface area (Å²) >= 11 is 6.30. The number of rotatable bonds is 13. The summed E-state index contributed by atoms with van der Waals surface area (Å²) in [5.74, 6) is 0. The fraction of sp³-hybridized carbons (Fsp3) is 1.00. The van der Waals surface area contributed by atoms with Crippen LogP contribution in [0.1, 0.15) is 97.3 Å². The van der Waals surface area contributed by atoms with E-state index < -0.39 is 0 Å². The molecule has 0 saturated heterocycles. The van der Waals surface area contributed by atoms with Gasteiger partial charge in [0.25, 0.3) is 0 Å². The molecule has 0 bridgehead atoms. The monoisotopic (exact) mass is 260 g/mol. The van der Waals surface area contributed by atoms with E-state index in [0.717, 1.165) is 0 Å². The lowest BCUT2D eigenvalue weighted by Crippen LogP contribution is -1.98. The lowest BCUT2D eigenvalue weighted by atomic mass is 10.0. The molecule has 0 nitrogen and oxygen atoms in total. The number of halogens is 1. The summed E-state index contributed by atoms with van der Waals surface area (Å²) in [6, 6.07) is 0. The molecular weight excluding hydrogens is 228 g/mol. The highest BCUT2D eigenvalue weighted by Gasteiger charge is 2.03. The van der Waals surface area contributed by atoms with Gasteiger partial charge in [0.05, 0.1) is 0 Å². The summed E-state index contributed by atoms with van der Waals surface area (Å²) in [6.45, 7) is 4.53. The second-order valence-corrected chi connectivity index (χ2v) is 5.97. The van der Waals surface area contributed by atoms with Gasteiger partial charge >= 0.3 is 0 Å². The van der Waals surface area contributed by atoms with E-state index >= 15 is 0 Å². The molecule has 1 unspecified atom stereocenters. The summed E-state index contributed by atoms with van der Waals surface area (Å²) in [6.07, 6.45) is 17.7. The van der Waals surface area contributed by atoms with Gasteiger partial charge in [-0.15, -0.1) is 11.6 Å². The van der Waals surface area contributed by atoms with Gasteiger partial charge in [0.2, 0.25) is 0 Å². The molecule has 0 aromatic heterocycles. The molecule has 104 valence electrons. The van der Waals surface area contributed by atoms with Crippen LogP contribution in [0.3, 0.4) is 0 Å². The fourth-order valence-electron chi connectivity index (χ4n) is 2.26. The standard InChI is InChI=1S/C16H33Cl/c1-3-5-7-8-9-10-11-13-15-16(17)14-12-6-4-2/h16H,3-15H2,1-2H3. The molecular formula is C16H33Cl. The van der Waals surface area contributed by atoms with Gasteiger partial charge < -0.3 is 0 Å². The van der Waals surface area contributed by atoms with Gasteiger partial charge in [-0.3, -0.25) is 0 Å². The van der Waals surface area contributed by atoms with E-state index in [4.69, 9.17) is 11.6 Å². The summed E-state index contributed by atoms with van der Waals surface area (Å²) in [4.78, 5) is 0.